The average molecular weight is 296 g/mol. The number of carbonyl (C=O) groups is 3. The molecule has 1 N–H and O–H groups in total. The molecule has 6 heteroatoms. The van der Waals surface area contributed by atoms with Gasteiger partial charge < -0.3 is 14.9 Å². The molecule has 1 fully saturated rings. The number of nitrogens with zero attached hydrogens (tertiary/aromatic N) is 2. The molecule has 0 aromatic carbocycles. The molecule has 1 heterocycles. The number of likely N-dealkylation sites (tertiary alicyclic amines) is 1. The van der Waals surface area contributed by atoms with Crippen LogP contribution in [0, 0.1) is 5.41 Å². The molecule has 0 aromatic rings. The third kappa shape index (κ3) is 4.31. The summed E-state index contributed by atoms with van der Waals surface area (Å²) < 4.78 is 0. The topological polar surface area (TPSA) is 77.9 Å². The molecule has 0 radical (unpaired) electrons. The number of carbonyl (C=O) groups excluding carboxylic acids is 2. The summed E-state index contributed by atoms with van der Waals surface area (Å²) in [5, 5.41) is 8.90. The first-order chi connectivity index (χ1) is 9.68. The number of carboxylic acids is 1. The molecule has 1 saturated heterocycles. The van der Waals surface area contributed by atoms with E-state index in [9.17, 15) is 14.4 Å². The highest BCUT2D eigenvalue weighted by Gasteiger charge is 2.40. The maximum Gasteiger partial charge on any atom is 0.323 e. The molecule has 0 aliphatic carbocycles. The van der Waals surface area contributed by atoms with Gasteiger partial charge in [-0.1, -0.05) is 26.8 Å². The molecule has 21 heavy (non-hydrogen) atoms. The highest BCUT2D eigenvalue weighted by molar-refractivity contribution is 5.91. The first-order valence-electron chi connectivity index (χ1n) is 7.11. The monoisotopic (exact) mass is 296 g/mol. The Balaban J connectivity index is 2.90. The summed E-state index contributed by atoms with van der Waals surface area (Å²) in [6.07, 6.45) is 2.83. The van der Waals surface area contributed by atoms with E-state index < -0.39 is 17.4 Å². The molecular formula is C15H24N2O4. The van der Waals surface area contributed by atoms with Gasteiger partial charge in [0.15, 0.2) is 0 Å². The predicted molar refractivity (Wildman–Crippen MR) is 78.6 cm³/mol. The lowest BCUT2D eigenvalue weighted by atomic mass is 9.94. The molecule has 0 saturated carbocycles. The lowest BCUT2D eigenvalue weighted by molar-refractivity contribution is -0.150. The van der Waals surface area contributed by atoms with Crippen LogP contribution < -0.4 is 0 Å². The van der Waals surface area contributed by atoms with Crippen molar-refractivity contribution in [1.29, 1.82) is 0 Å². The Hall–Kier alpha value is -1.85. The van der Waals surface area contributed by atoms with Gasteiger partial charge >= 0.3 is 5.97 Å². The Morgan fingerprint density at radius 1 is 1.38 bits per heavy atom. The third-order valence-corrected chi connectivity index (χ3v) is 3.43. The van der Waals surface area contributed by atoms with Gasteiger partial charge in [-0.3, -0.25) is 14.4 Å². The van der Waals surface area contributed by atoms with Crippen molar-refractivity contribution in [3.63, 3.8) is 0 Å². The van der Waals surface area contributed by atoms with Gasteiger partial charge in [0.1, 0.15) is 12.6 Å². The molecule has 1 aliphatic heterocycles. The zero-order valence-corrected chi connectivity index (χ0v) is 13.0. The van der Waals surface area contributed by atoms with E-state index in [4.69, 9.17) is 5.11 Å². The van der Waals surface area contributed by atoms with Gasteiger partial charge in [0, 0.05) is 18.5 Å². The van der Waals surface area contributed by atoms with Gasteiger partial charge in [0.2, 0.25) is 11.8 Å². The summed E-state index contributed by atoms with van der Waals surface area (Å²) in [5.74, 6) is -1.46. The Bertz CT molecular complexity index is 439. The minimum absolute atomic E-state index is 0.0766. The van der Waals surface area contributed by atoms with Crippen molar-refractivity contribution < 1.29 is 19.5 Å². The van der Waals surface area contributed by atoms with Crippen LogP contribution in [0.15, 0.2) is 12.7 Å². The maximum absolute atomic E-state index is 12.5. The number of rotatable bonds is 5. The second-order valence-corrected chi connectivity index (χ2v) is 6.31. The Morgan fingerprint density at radius 3 is 2.48 bits per heavy atom. The first-order valence-corrected chi connectivity index (χ1v) is 7.11. The zero-order chi connectivity index (χ0) is 16.2. The lowest BCUT2D eigenvalue weighted by Gasteiger charge is -2.32. The number of carboxylic acid groups (broad SMARTS) is 1. The van der Waals surface area contributed by atoms with Crippen LogP contribution in [0.2, 0.25) is 0 Å². The van der Waals surface area contributed by atoms with Crippen molar-refractivity contribution in [2.75, 3.05) is 19.6 Å². The van der Waals surface area contributed by atoms with Crippen LogP contribution >= 0.6 is 0 Å². The van der Waals surface area contributed by atoms with Crippen molar-refractivity contribution in [3.8, 4) is 0 Å². The summed E-state index contributed by atoms with van der Waals surface area (Å²) >= 11 is 0. The first kappa shape index (κ1) is 17.2. The summed E-state index contributed by atoms with van der Waals surface area (Å²) in [4.78, 5) is 38.6. The zero-order valence-electron chi connectivity index (χ0n) is 13.0. The smallest absolute Gasteiger partial charge is 0.323 e. The van der Waals surface area contributed by atoms with E-state index in [1.165, 1.54) is 11.0 Å². The molecule has 0 aromatic heterocycles. The molecule has 1 atom stereocenters. The second-order valence-electron chi connectivity index (χ2n) is 6.31. The van der Waals surface area contributed by atoms with E-state index in [0.717, 1.165) is 6.42 Å². The SMILES string of the molecule is C=CCN(CC(=O)O)C(=O)C1CCCN1C(=O)C(C)(C)C. The van der Waals surface area contributed by atoms with E-state index >= 15 is 0 Å². The molecule has 1 aliphatic rings. The maximum atomic E-state index is 12.5. The van der Waals surface area contributed by atoms with Crippen molar-refractivity contribution >= 4 is 17.8 Å². The highest BCUT2D eigenvalue weighted by Crippen LogP contribution is 2.26. The molecule has 1 unspecified atom stereocenters. The lowest BCUT2D eigenvalue weighted by Crippen LogP contribution is -2.51. The minimum Gasteiger partial charge on any atom is -0.480 e. The van der Waals surface area contributed by atoms with E-state index in [-0.39, 0.29) is 24.9 Å². The van der Waals surface area contributed by atoms with Crippen molar-refractivity contribution in [2.24, 2.45) is 5.41 Å². The molecular weight excluding hydrogens is 272 g/mol. The Labute approximate surface area is 125 Å². The van der Waals surface area contributed by atoms with E-state index in [1.54, 1.807) is 4.90 Å². The van der Waals surface area contributed by atoms with Crippen LogP contribution in [0.1, 0.15) is 33.6 Å². The van der Waals surface area contributed by atoms with Gasteiger partial charge in [-0.2, -0.15) is 0 Å². The van der Waals surface area contributed by atoms with Gasteiger partial charge in [0.05, 0.1) is 0 Å². The molecule has 118 valence electrons. The predicted octanol–water partition coefficient (Wildman–Crippen LogP) is 1.12. The Kier molecular flexibility index (Phi) is 5.52. The van der Waals surface area contributed by atoms with Crippen LogP contribution in [-0.4, -0.2) is 58.4 Å². The van der Waals surface area contributed by atoms with E-state index in [2.05, 4.69) is 6.58 Å². The van der Waals surface area contributed by atoms with Crippen LogP contribution in [0.4, 0.5) is 0 Å². The van der Waals surface area contributed by atoms with Crippen LogP contribution in [-0.2, 0) is 14.4 Å². The van der Waals surface area contributed by atoms with E-state index in [0.29, 0.717) is 13.0 Å². The summed E-state index contributed by atoms with van der Waals surface area (Å²) in [5.41, 5.74) is -0.557. The number of amides is 2. The second kappa shape index (κ2) is 6.74. The van der Waals surface area contributed by atoms with Crippen LogP contribution in [0.3, 0.4) is 0 Å². The molecule has 2 amide bonds. The van der Waals surface area contributed by atoms with E-state index in [1.807, 2.05) is 20.8 Å². The van der Waals surface area contributed by atoms with Gasteiger partial charge in [-0.05, 0) is 12.8 Å². The third-order valence-electron chi connectivity index (χ3n) is 3.43. The fraction of sp³-hybridized carbons (Fsp3) is 0.667. The standard InChI is InChI=1S/C15H24N2O4/c1-5-8-16(10-12(18)19)13(20)11-7-6-9-17(11)14(21)15(2,3)4/h5,11H,1,6-10H2,2-4H3,(H,18,19). The molecule has 0 bridgehead atoms. The number of hydrogen-bond acceptors (Lipinski definition) is 3. The average Bonchev–Trinajstić information content (AvgIpc) is 2.83. The summed E-state index contributed by atoms with van der Waals surface area (Å²) in [7, 11) is 0. The van der Waals surface area contributed by atoms with Crippen LogP contribution in [0.25, 0.3) is 0 Å². The molecule has 0 spiro atoms. The Morgan fingerprint density at radius 2 is 2.00 bits per heavy atom. The largest absolute Gasteiger partial charge is 0.480 e. The number of hydrogen-bond donors (Lipinski definition) is 1. The van der Waals surface area contributed by atoms with Gasteiger partial charge in [-0.15, -0.1) is 6.58 Å². The fourth-order valence-electron chi connectivity index (χ4n) is 2.46. The number of aliphatic carboxylic acids is 1. The summed E-state index contributed by atoms with van der Waals surface area (Å²) in [6.45, 7) is 9.32. The van der Waals surface area contributed by atoms with Gasteiger partial charge in [-0.25, -0.2) is 0 Å². The normalized spacial score (nSPS) is 18.4. The minimum atomic E-state index is -1.07. The molecule has 1 rings (SSSR count). The fourth-order valence-corrected chi connectivity index (χ4v) is 2.46. The van der Waals surface area contributed by atoms with Crippen LogP contribution in [0.5, 0.6) is 0 Å². The van der Waals surface area contributed by atoms with Crippen molar-refractivity contribution in [1.82, 2.24) is 9.80 Å². The van der Waals surface area contributed by atoms with Crippen molar-refractivity contribution in [3.05, 3.63) is 12.7 Å². The highest BCUT2D eigenvalue weighted by atomic mass is 16.4. The molecule has 6 nitrogen and oxygen atoms in total. The summed E-state index contributed by atoms with van der Waals surface area (Å²) in [6, 6.07) is -0.559. The van der Waals surface area contributed by atoms with Gasteiger partial charge in [0.25, 0.3) is 0 Å². The van der Waals surface area contributed by atoms with Crippen molar-refractivity contribution in [2.45, 2.75) is 39.7 Å². The quantitative estimate of drug-likeness (QED) is 0.771.